The molecule has 1 amide bonds. The van der Waals surface area contributed by atoms with Gasteiger partial charge < -0.3 is 9.88 Å². The summed E-state index contributed by atoms with van der Waals surface area (Å²) in [5.41, 5.74) is 5.06. The molecule has 0 aliphatic carbocycles. The van der Waals surface area contributed by atoms with Gasteiger partial charge in [-0.1, -0.05) is 35.9 Å². The number of nitrogens with one attached hydrogen (secondary N) is 1. The van der Waals surface area contributed by atoms with Crippen molar-refractivity contribution in [1.82, 2.24) is 14.9 Å². The molecule has 28 heavy (non-hydrogen) atoms. The molecular weight excluding hydrogens is 370 g/mol. The number of benzene rings is 2. The zero-order valence-electron chi connectivity index (χ0n) is 16.0. The number of fused-ring (bicyclic) bond motifs is 2. The topological polar surface area (TPSA) is 49.0 Å². The van der Waals surface area contributed by atoms with Crippen LogP contribution in [0.2, 0.25) is 5.02 Å². The van der Waals surface area contributed by atoms with Gasteiger partial charge in [-0.25, -0.2) is 4.98 Å². The molecule has 0 fully saturated rings. The molecule has 4 aromatic rings. The Morgan fingerprint density at radius 1 is 1.11 bits per heavy atom. The largest absolute Gasteiger partial charge is 0.353 e. The molecule has 0 unspecified atom stereocenters. The number of halogens is 1. The number of nitrogens with zero attached hydrogens (tertiary/aromatic N) is 2. The first-order valence-electron chi connectivity index (χ1n) is 9.39. The van der Waals surface area contributed by atoms with Gasteiger partial charge in [-0.05, 0) is 48.7 Å². The van der Waals surface area contributed by atoms with E-state index in [-0.39, 0.29) is 5.91 Å². The first-order chi connectivity index (χ1) is 13.5. The summed E-state index contributed by atoms with van der Waals surface area (Å²) in [4.78, 5) is 22.0. The highest BCUT2D eigenvalue weighted by Crippen LogP contribution is 2.33. The van der Waals surface area contributed by atoms with Crippen molar-refractivity contribution in [1.29, 1.82) is 0 Å². The van der Waals surface area contributed by atoms with E-state index in [0.29, 0.717) is 11.4 Å². The Balaban J connectivity index is 1.76. The highest BCUT2D eigenvalue weighted by atomic mass is 35.5. The lowest BCUT2D eigenvalue weighted by molar-refractivity contribution is -0.128. The van der Waals surface area contributed by atoms with E-state index in [9.17, 15) is 4.79 Å². The Labute approximate surface area is 169 Å². The van der Waals surface area contributed by atoms with Gasteiger partial charge in [-0.2, -0.15) is 0 Å². The van der Waals surface area contributed by atoms with Crippen molar-refractivity contribution in [2.24, 2.45) is 0 Å². The molecule has 4 rings (SSSR count). The minimum absolute atomic E-state index is 0.142. The SMILES string of the molecule is CN(C)C(=O)CCCc1c(-c2ccc3ccccc3n2)[nH]c2ccc(Cl)cc12. The normalized spacial score (nSPS) is 11.2. The zero-order chi connectivity index (χ0) is 19.7. The van der Waals surface area contributed by atoms with Gasteiger partial charge in [-0.3, -0.25) is 4.79 Å². The summed E-state index contributed by atoms with van der Waals surface area (Å²) in [5, 5.41) is 2.91. The average molecular weight is 392 g/mol. The molecule has 0 radical (unpaired) electrons. The lowest BCUT2D eigenvalue weighted by atomic mass is 10.0. The maximum atomic E-state index is 12.0. The van der Waals surface area contributed by atoms with Crippen LogP contribution in [0.3, 0.4) is 0 Å². The van der Waals surface area contributed by atoms with Crippen LogP contribution in [-0.4, -0.2) is 34.9 Å². The van der Waals surface area contributed by atoms with Crippen LogP contribution in [0.4, 0.5) is 0 Å². The number of H-pyrrole nitrogens is 1. The second-order valence-corrected chi connectivity index (χ2v) is 7.64. The first kappa shape index (κ1) is 18.5. The van der Waals surface area contributed by atoms with E-state index < -0.39 is 0 Å². The van der Waals surface area contributed by atoms with E-state index in [1.165, 1.54) is 0 Å². The van der Waals surface area contributed by atoms with Crippen LogP contribution in [0.5, 0.6) is 0 Å². The number of aromatic amines is 1. The van der Waals surface area contributed by atoms with Crippen LogP contribution in [0.1, 0.15) is 18.4 Å². The molecule has 0 spiro atoms. The highest BCUT2D eigenvalue weighted by Gasteiger charge is 2.16. The number of carbonyl (C=O) groups is 1. The van der Waals surface area contributed by atoms with Gasteiger partial charge in [0.25, 0.3) is 0 Å². The van der Waals surface area contributed by atoms with Gasteiger partial charge in [-0.15, -0.1) is 0 Å². The minimum atomic E-state index is 0.142. The van der Waals surface area contributed by atoms with E-state index in [0.717, 1.165) is 51.6 Å². The predicted octanol–water partition coefficient (Wildman–Crippen LogP) is 5.45. The zero-order valence-corrected chi connectivity index (χ0v) is 16.8. The van der Waals surface area contributed by atoms with Crippen molar-refractivity contribution >= 4 is 39.3 Å². The number of aromatic nitrogens is 2. The Hall–Kier alpha value is -2.85. The van der Waals surface area contributed by atoms with Gasteiger partial charge in [0.1, 0.15) is 0 Å². The average Bonchev–Trinajstić information content (AvgIpc) is 3.05. The van der Waals surface area contributed by atoms with Gasteiger partial charge in [0.05, 0.1) is 16.9 Å². The van der Waals surface area contributed by atoms with Gasteiger partial charge in [0.2, 0.25) is 5.91 Å². The summed E-state index contributed by atoms with van der Waals surface area (Å²) in [6.07, 6.45) is 2.08. The summed E-state index contributed by atoms with van der Waals surface area (Å²) >= 11 is 6.26. The summed E-state index contributed by atoms with van der Waals surface area (Å²) < 4.78 is 0. The number of carbonyl (C=O) groups excluding carboxylic acids is 1. The molecule has 1 N–H and O–H groups in total. The van der Waals surface area contributed by atoms with Crippen molar-refractivity contribution in [2.45, 2.75) is 19.3 Å². The van der Waals surface area contributed by atoms with Crippen LogP contribution < -0.4 is 0 Å². The molecule has 0 aliphatic heterocycles. The third-order valence-electron chi connectivity index (χ3n) is 5.04. The molecule has 142 valence electrons. The van der Waals surface area contributed by atoms with Crippen molar-refractivity contribution in [3.63, 3.8) is 0 Å². The third-order valence-corrected chi connectivity index (χ3v) is 5.27. The van der Waals surface area contributed by atoms with Crippen LogP contribution in [0, 0.1) is 0 Å². The summed E-state index contributed by atoms with van der Waals surface area (Å²) in [7, 11) is 3.58. The molecule has 2 aromatic carbocycles. The van der Waals surface area contributed by atoms with E-state index in [1.54, 1.807) is 19.0 Å². The fourth-order valence-electron chi connectivity index (χ4n) is 3.54. The Bertz CT molecular complexity index is 1160. The molecule has 0 aliphatic rings. The van der Waals surface area contributed by atoms with Crippen molar-refractivity contribution < 1.29 is 4.79 Å². The second kappa shape index (κ2) is 7.64. The van der Waals surface area contributed by atoms with Crippen molar-refractivity contribution in [3.8, 4) is 11.4 Å². The first-order valence-corrected chi connectivity index (χ1v) is 9.77. The van der Waals surface area contributed by atoms with E-state index >= 15 is 0 Å². The van der Waals surface area contributed by atoms with Crippen LogP contribution in [0.15, 0.2) is 54.6 Å². The Morgan fingerprint density at radius 2 is 1.93 bits per heavy atom. The summed E-state index contributed by atoms with van der Waals surface area (Å²) in [6, 6.07) is 18.1. The maximum Gasteiger partial charge on any atom is 0.222 e. The number of hydrogen-bond donors (Lipinski definition) is 1. The van der Waals surface area contributed by atoms with Gasteiger partial charge in [0, 0.05) is 41.8 Å². The quantitative estimate of drug-likeness (QED) is 0.492. The molecule has 4 nitrogen and oxygen atoms in total. The number of aryl methyl sites for hydroxylation is 1. The highest BCUT2D eigenvalue weighted by molar-refractivity contribution is 6.31. The smallest absolute Gasteiger partial charge is 0.222 e. The van der Waals surface area contributed by atoms with E-state index in [2.05, 4.69) is 17.1 Å². The third kappa shape index (κ3) is 3.60. The van der Waals surface area contributed by atoms with E-state index in [1.807, 2.05) is 42.5 Å². The monoisotopic (exact) mass is 391 g/mol. The number of amides is 1. The molecule has 2 aromatic heterocycles. The molecule has 0 saturated heterocycles. The molecule has 5 heteroatoms. The standard InChI is InChI=1S/C23H22ClN3O/c1-27(2)22(28)9-5-7-17-18-14-16(24)11-13-20(18)26-23(17)21-12-10-15-6-3-4-8-19(15)25-21/h3-4,6,8,10-14,26H,5,7,9H2,1-2H3. The van der Waals surface area contributed by atoms with E-state index in [4.69, 9.17) is 16.6 Å². The van der Waals surface area contributed by atoms with Crippen LogP contribution in [-0.2, 0) is 11.2 Å². The second-order valence-electron chi connectivity index (χ2n) is 7.20. The van der Waals surface area contributed by atoms with Gasteiger partial charge >= 0.3 is 0 Å². The minimum Gasteiger partial charge on any atom is -0.353 e. The molecule has 0 atom stereocenters. The maximum absolute atomic E-state index is 12.0. The lowest BCUT2D eigenvalue weighted by Crippen LogP contribution is -2.21. The number of rotatable bonds is 5. The summed E-state index contributed by atoms with van der Waals surface area (Å²) in [5.74, 6) is 0.142. The molecule has 0 saturated carbocycles. The van der Waals surface area contributed by atoms with Crippen molar-refractivity contribution in [2.75, 3.05) is 14.1 Å². The molecular formula is C23H22ClN3O. The number of hydrogen-bond acceptors (Lipinski definition) is 2. The van der Waals surface area contributed by atoms with Crippen LogP contribution >= 0.6 is 11.6 Å². The Morgan fingerprint density at radius 3 is 2.75 bits per heavy atom. The fourth-order valence-corrected chi connectivity index (χ4v) is 3.72. The molecule has 0 bridgehead atoms. The van der Waals surface area contributed by atoms with Crippen molar-refractivity contribution in [3.05, 3.63) is 65.2 Å². The predicted molar refractivity (Wildman–Crippen MR) is 116 cm³/mol. The van der Waals surface area contributed by atoms with Crippen LogP contribution in [0.25, 0.3) is 33.2 Å². The fraction of sp³-hybridized carbons (Fsp3) is 0.217. The lowest BCUT2D eigenvalue weighted by Gasteiger charge is -2.10. The molecule has 2 heterocycles. The number of pyridine rings is 1. The van der Waals surface area contributed by atoms with Gasteiger partial charge in [0.15, 0.2) is 0 Å². The summed E-state index contributed by atoms with van der Waals surface area (Å²) in [6.45, 7) is 0. The Kier molecular flexibility index (Phi) is 5.05. The number of para-hydroxylation sites is 1.